The number of nitrogens with zero attached hydrogens (tertiary/aromatic N) is 3. The minimum atomic E-state index is -2.51. The van der Waals surface area contributed by atoms with Gasteiger partial charge in [0.1, 0.15) is 16.5 Å². The maximum Gasteiger partial charge on any atom is 0.409 e. The first-order valence-electron chi connectivity index (χ1n) is 9.40. The summed E-state index contributed by atoms with van der Waals surface area (Å²) in [5.74, 6) is 1.34. The molecule has 9 nitrogen and oxygen atoms in total. The Morgan fingerprint density at radius 2 is 1.86 bits per heavy atom. The molecule has 2 N–H and O–H groups in total. The van der Waals surface area contributed by atoms with Gasteiger partial charge in [0.05, 0.1) is 24.7 Å². The fourth-order valence-electron chi connectivity index (χ4n) is 3.51. The Hall–Kier alpha value is -2.72. The monoisotopic (exact) mass is 418 g/mol. The molecule has 2 fully saturated rings. The summed E-state index contributed by atoms with van der Waals surface area (Å²) in [6, 6.07) is 8.70. The summed E-state index contributed by atoms with van der Waals surface area (Å²) in [7, 11) is -2.51. The van der Waals surface area contributed by atoms with Gasteiger partial charge in [-0.05, 0) is 37.1 Å². The van der Waals surface area contributed by atoms with Crippen molar-refractivity contribution in [3.63, 3.8) is 0 Å². The zero-order chi connectivity index (χ0) is 20.4. The van der Waals surface area contributed by atoms with Crippen LogP contribution in [0.3, 0.4) is 0 Å². The van der Waals surface area contributed by atoms with Crippen molar-refractivity contribution in [2.45, 2.75) is 18.3 Å². The van der Waals surface area contributed by atoms with Gasteiger partial charge in [0.25, 0.3) is 0 Å². The van der Waals surface area contributed by atoms with Crippen LogP contribution in [-0.4, -0.2) is 61.6 Å². The van der Waals surface area contributed by atoms with E-state index in [4.69, 9.17) is 19.8 Å². The molecule has 154 valence electrons. The molecule has 1 aromatic carbocycles. The van der Waals surface area contributed by atoms with Crippen LogP contribution in [0, 0.1) is 0 Å². The van der Waals surface area contributed by atoms with Gasteiger partial charge in [-0.3, -0.25) is 5.32 Å². The lowest BCUT2D eigenvalue weighted by Crippen LogP contribution is -2.37. The van der Waals surface area contributed by atoms with Gasteiger partial charge in [0, 0.05) is 35.8 Å². The Kier molecular flexibility index (Phi) is 5.37. The predicted octanol–water partition coefficient (Wildman–Crippen LogP) is 1.71. The number of hydrogen-bond donors (Lipinski definition) is 3. The third-order valence-electron chi connectivity index (χ3n) is 5.27. The van der Waals surface area contributed by atoms with Crippen molar-refractivity contribution in [3.05, 3.63) is 36.0 Å². The number of rotatable bonds is 6. The SMILES string of the molecule is O=C(O)Nc1ccc(-c2nc(N3CCOCC3)cc(C3(C[SH](=O)=O)CC3)n2)cc1. The van der Waals surface area contributed by atoms with Gasteiger partial charge in [-0.1, -0.05) is 0 Å². The quantitative estimate of drug-likeness (QED) is 0.606. The first-order valence-corrected chi connectivity index (χ1v) is 10.8. The molecule has 2 aromatic rings. The summed E-state index contributed by atoms with van der Waals surface area (Å²) in [5.41, 5.74) is 1.50. The van der Waals surface area contributed by atoms with Crippen molar-refractivity contribution in [1.29, 1.82) is 0 Å². The largest absolute Gasteiger partial charge is 0.465 e. The molecule has 2 aliphatic rings. The number of amides is 1. The van der Waals surface area contributed by atoms with E-state index >= 15 is 0 Å². The van der Waals surface area contributed by atoms with Gasteiger partial charge in [-0.25, -0.2) is 23.2 Å². The first-order chi connectivity index (χ1) is 13.9. The first kappa shape index (κ1) is 19.6. The van der Waals surface area contributed by atoms with Crippen LogP contribution in [0.15, 0.2) is 30.3 Å². The van der Waals surface area contributed by atoms with Gasteiger partial charge in [-0.15, -0.1) is 0 Å². The van der Waals surface area contributed by atoms with Crippen LogP contribution < -0.4 is 10.2 Å². The molecule has 1 aromatic heterocycles. The van der Waals surface area contributed by atoms with Crippen LogP contribution in [0.4, 0.5) is 16.3 Å². The van der Waals surface area contributed by atoms with Crippen LogP contribution in [0.5, 0.6) is 0 Å². The number of aromatic nitrogens is 2. The van der Waals surface area contributed by atoms with Crippen LogP contribution in [0.2, 0.25) is 0 Å². The van der Waals surface area contributed by atoms with Crippen molar-refractivity contribution in [1.82, 2.24) is 9.97 Å². The van der Waals surface area contributed by atoms with Gasteiger partial charge in [-0.2, -0.15) is 0 Å². The number of carboxylic acid groups (broad SMARTS) is 1. The van der Waals surface area contributed by atoms with Gasteiger partial charge in [0.15, 0.2) is 5.82 Å². The molecule has 29 heavy (non-hydrogen) atoms. The topological polar surface area (TPSA) is 122 Å². The van der Waals surface area contributed by atoms with Crippen molar-refractivity contribution in [3.8, 4) is 11.4 Å². The second-order valence-electron chi connectivity index (χ2n) is 7.31. The molecular formula is C19H22N4O5S. The van der Waals surface area contributed by atoms with E-state index < -0.39 is 22.2 Å². The van der Waals surface area contributed by atoms with E-state index in [1.54, 1.807) is 24.3 Å². The Labute approximate surface area is 169 Å². The van der Waals surface area contributed by atoms with Gasteiger partial charge in [0.2, 0.25) is 0 Å². The number of hydrogen-bond acceptors (Lipinski definition) is 7. The molecule has 4 rings (SSSR count). The van der Waals surface area contributed by atoms with Gasteiger partial charge < -0.3 is 14.7 Å². The van der Waals surface area contributed by atoms with E-state index in [2.05, 4.69) is 10.2 Å². The number of ether oxygens (including phenoxy) is 1. The van der Waals surface area contributed by atoms with E-state index in [0.717, 1.165) is 29.9 Å². The highest BCUT2D eigenvalue weighted by Gasteiger charge is 2.47. The zero-order valence-electron chi connectivity index (χ0n) is 15.7. The third kappa shape index (κ3) is 4.48. The Morgan fingerprint density at radius 1 is 1.17 bits per heavy atom. The summed E-state index contributed by atoms with van der Waals surface area (Å²) in [4.78, 5) is 22.3. The molecule has 10 heteroatoms. The van der Waals surface area contributed by atoms with E-state index in [9.17, 15) is 13.2 Å². The van der Waals surface area contributed by atoms with Crippen LogP contribution in [-0.2, 0) is 20.9 Å². The van der Waals surface area contributed by atoms with Crippen molar-refractivity contribution >= 4 is 28.3 Å². The summed E-state index contributed by atoms with van der Waals surface area (Å²) in [6.45, 7) is 2.64. The molecule has 1 amide bonds. The lowest BCUT2D eigenvalue weighted by atomic mass is 10.0. The molecule has 0 unspecified atom stereocenters. The molecule has 0 bridgehead atoms. The maximum atomic E-state index is 11.4. The van der Waals surface area contributed by atoms with Gasteiger partial charge >= 0.3 is 6.09 Å². The molecule has 1 saturated carbocycles. The van der Waals surface area contributed by atoms with E-state index in [0.29, 0.717) is 37.8 Å². The second kappa shape index (κ2) is 7.96. The molecule has 0 radical (unpaired) electrons. The fourth-order valence-corrected chi connectivity index (χ4v) is 4.48. The standard InChI is InChI=1S/C19H22N4O5S/c24-18(25)20-14-3-1-13(2-4-14)17-21-15(19(5-6-19)12-29(26)27)11-16(22-17)23-7-9-28-10-8-23/h1-4,11,20,29H,5-10,12H2,(H,24,25). The highest BCUT2D eigenvalue weighted by Crippen LogP contribution is 2.48. The molecule has 1 aliphatic heterocycles. The summed E-state index contributed by atoms with van der Waals surface area (Å²) in [5, 5.41) is 11.1. The zero-order valence-corrected chi connectivity index (χ0v) is 16.6. The number of thiol groups is 1. The molecular weight excluding hydrogens is 396 g/mol. The second-order valence-corrected chi connectivity index (χ2v) is 8.29. The van der Waals surface area contributed by atoms with E-state index in [-0.39, 0.29) is 5.75 Å². The predicted molar refractivity (Wildman–Crippen MR) is 108 cm³/mol. The normalized spacial score (nSPS) is 17.9. The lowest BCUT2D eigenvalue weighted by Gasteiger charge is -2.29. The molecule has 1 aliphatic carbocycles. The smallest absolute Gasteiger partial charge is 0.409 e. The Bertz CT molecular complexity index is 975. The third-order valence-corrected chi connectivity index (χ3v) is 6.13. The summed E-state index contributed by atoms with van der Waals surface area (Å²) in [6.07, 6.45) is 0.445. The number of benzene rings is 1. The summed E-state index contributed by atoms with van der Waals surface area (Å²) < 4.78 is 28.2. The van der Waals surface area contributed by atoms with Crippen LogP contribution >= 0.6 is 0 Å². The molecule has 0 spiro atoms. The van der Waals surface area contributed by atoms with E-state index in [1.807, 2.05) is 6.07 Å². The minimum Gasteiger partial charge on any atom is -0.465 e. The Morgan fingerprint density at radius 3 is 2.45 bits per heavy atom. The maximum absolute atomic E-state index is 11.4. The number of carbonyl (C=O) groups is 1. The number of anilines is 2. The number of nitrogens with one attached hydrogen (secondary N) is 1. The van der Waals surface area contributed by atoms with Crippen LogP contribution in [0.25, 0.3) is 11.4 Å². The minimum absolute atomic E-state index is 0.0861. The molecule has 1 saturated heterocycles. The average Bonchev–Trinajstić information content (AvgIpc) is 3.48. The Balaban J connectivity index is 1.72. The fraction of sp³-hybridized carbons (Fsp3) is 0.421. The van der Waals surface area contributed by atoms with E-state index in [1.165, 1.54) is 0 Å². The van der Waals surface area contributed by atoms with Crippen molar-refractivity contribution < 1.29 is 23.1 Å². The highest BCUT2D eigenvalue weighted by molar-refractivity contribution is 7.72. The van der Waals surface area contributed by atoms with Crippen molar-refractivity contribution in [2.24, 2.45) is 0 Å². The summed E-state index contributed by atoms with van der Waals surface area (Å²) >= 11 is 0. The highest BCUT2D eigenvalue weighted by atomic mass is 32.2. The van der Waals surface area contributed by atoms with Crippen LogP contribution in [0.1, 0.15) is 18.5 Å². The van der Waals surface area contributed by atoms with Crippen molar-refractivity contribution in [2.75, 3.05) is 42.3 Å². The number of morpholine rings is 1. The average molecular weight is 418 g/mol. The lowest BCUT2D eigenvalue weighted by molar-refractivity contribution is 0.122. The molecule has 0 atom stereocenters. The molecule has 2 heterocycles.